The number of halogens is 1. The summed E-state index contributed by atoms with van der Waals surface area (Å²) in [5, 5.41) is 8.85. The van der Waals surface area contributed by atoms with E-state index in [2.05, 4.69) is 26.4 Å². The molecule has 32 heavy (non-hydrogen) atoms. The molecule has 1 aliphatic carbocycles. The van der Waals surface area contributed by atoms with Crippen molar-refractivity contribution in [2.45, 2.75) is 25.8 Å². The molecule has 1 unspecified atom stereocenters. The molecule has 7 nitrogen and oxygen atoms in total. The third kappa shape index (κ3) is 3.91. The normalized spacial score (nSPS) is 14.3. The minimum absolute atomic E-state index is 0.0706. The molecular formula is C23H23ClN6OS. The Balaban J connectivity index is 1.72. The summed E-state index contributed by atoms with van der Waals surface area (Å²) in [4.78, 5) is 23.5. The van der Waals surface area contributed by atoms with E-state index in [1.54, 1.807) is 27.1 Å². The molecule has 0 saturated heterocycles. The van der Waals surface area contributed by atoms with E-state index in [1.165, 1.54) is 11.3 Å². The number of aromatic amines is 1. The fourth-order valence-corrected chi connectivity index (χ4v) is 5.07. The first kappa shape index (κ1) is 20.8. The van der Waals surface area contributed by atoms with Gasteiger partial charge in [-0.3, -0.25) is 19.0 Å². The third-order valence-electron chi connectivity index (χ3n) is 5.70. The van der Waals surface area contributed by atoms with Crippen LogP contribution in [0, 0.1) is 12.8 Å². The highest BCUT2D eigenvalue weighted by molar-refractivity contribution is 7.16. The number of benzene rings is 1. The van der Waals surface area contributed by atoms with Gasteiger partial charge in [0.25, 0.3) is 5.56 Å². The summed E-state index contributed by atoms with van der Waals surface area (Å²) >= 11 is 7.84. The third-order valence-corrected chi connectivity index (χ3v) is 6.99. The molecule has 3 aromatic heterocycles. The van der Waals surface area contributed by atoms with Gasteiger partial charge in [0.1, 0.15) is 28.5 Å². The first-order valence-electron chi connectivity index (χ1n) is 10.4. The molecule has 0 bridgehead atoms. The summed E-state index contributed by atoms with van der Waals surface area (Å²) in [6.45, 7) is 1.92. The molecule has 1 aliphatic rings. The highest BCUT2D eigenvalue weighted by atomic mass is 35.5. The number of H-pyrrole nitrogens is 1. The molecule has 1 fully saturated rings. The molecule has 0 spiro atoms. The number of nitrogens with zero attached hydrogens (tertiary/aromatic N) is 4. The van der Waals surface area contributed by atoms with E-state index >= 15 is 0 Å². The lowest BCUT2D eigenvalue weighted by Gasteiger charge is -2.23. The van der Waals surface area contributed by atoms with Crippen LogP contribution in [-0.2, 0) is 7.05 Å². The Labute approximate surface area is 194 Å². The molecule has 2 N–H and O–H groups in total. The van der Waals surface area contributed by atoms with Crippen LogP contribution in [0.25, 0.3) is 16.0 Å². The van der Waals surface area contributed by atoms with Crippen molar-refractivity contribution < 1.29 is 0 Å². The van der Waals surface area contributed by atoms with Crippen molar-refractivity contribution in [3.63, 3.8) is 0 Å². The zero-order valence-corrected chi connectivity index (χ0v) is 19.3. The highest BCUT2D eigenvalue weighted by Gasteiger charge is 2.35. The first-order chi connectivity index (χ1) is 15.5. The Morgan fingerprint density at radius 3 is 2.78 bits per heavy atom. The summed E-state index contributed by atoms with van der Waals surface area (Å²) < 4.78 is 3.32. The number of anilines is 1. The lowest BCUT2D eigenvalue weighted by molar-refractivity contribution is 0.668. The molecule has 9 heteroatoms. The lowest BCUT2D eigenvalue weighted by Crippen LogP contribution is -2.23. The molecule has 5 rings (SSSR count). The van der Waals surface area contributed by atoms with Crippen molar-refractivity contribution in [2.75, 3.05) is 5.32 Å². The van der Waals surface area contributed by atoms with E-state index in [4.69, 9.17) is 11.6 Å². The van der Waals surface area contributed by atoms with Gasteiger partial charge in [0, 0.05) is 12.4 Å². The molecule has 4 aromatic rings. The van der Waals surface area contributed by atoms with Gasteiger partial charge in [0.05, 0.1) is 17.3 Å². The smallest absolute Gasteiger partial charge is 0.265 e. The number of fused-ring (bicyclic) bond motifs is 1. The number of nitrogens with one attached hydrogen (secondary N) is 2. The second-order valence-electron chi connectivity index (χ2n) is 8.01. The summed E-state index contributed by atoms with van der Waals surface area (Å²) in [5.41, 5.74) is 3.19. The summed E-state index contributed by atoms with van der Waals surface area (Å²) in [6, 6.07) is 11.8. The Morgan fingerprint density at radius 2 is 2.03 bits per heavy atom. The van der Waals surface area contributed by atoms with E-state index in [0.29, 0.717) is 22.5 Å². The van der Waals surface area contributed by atoms with Gasteiger partial charge in [0.2, 0.25) is 0 Å². The van der Waals surface area contributed by atoms with Crippen molar-refractivity contribution in [3.05, 3.63) is 81.2 Å². The Kier molecular flexibility index (Phi) is 5.48. The van der Waals surface area contributed by atoms with Gasteiger partial charge in [-0.2, -0.15) is 0 Å². The number of thiazole rings is 1. The van der Waals surface area contributed by atoms with E-state index < -0.39 is 0 Å². The van der Waals surface area contributed by atoms with Crippen LogP contribution in [0.4, 0.5) is 5.82 Å². The maximum Gasteiger partial charge on any atom is 0.265 e. The predicted octanol–water partition coefficient (Wildman–Crippen LogP) is 5.13. The van der Waals surface area contributed by atoms with Gasteiger partial charge >= 0.3 is 0 Å². The van der Waals surface area contributed by atoms with Crippen LogP contribution >= 0.6 is 22.9 Å². The van der Waals surface area contributed by atoms with E-state index in [1.807, 2.05) is 44.3 Å². The van der Waals surface area contributed by atoms with Crippen molar-refractivity contribution in [3.8, 4) is 11.1 Å². The van der Waals surface area contributed by atoms with E-state index in [9.17, 15) is 4.79 Å². The molecule has 164 valence electrons. The molecule has 0 radical (unpaired) electrons. The van der Waals surface area contributed by atoms with Gasteiger partial charge in [-0.05, 0) is 42.9 Å². The fraction of sp³-hybridized carbons (Fsp3) is 0.261. The number of rotatable bonds is 5. The number of aromatic nitrogens is 5. The van der Waals surface area contributed by atoms with E-state index in [-0.39, 0.29) is 11.6 Å². The minimum Gasteiger partial charge on any atom is -0.361 e. The summed E-state index contributed by atoms with van der Waals surface area (Å²) in [7, 11) is 1.86. The molecule has 0 amide bonds. The number of hydrogen-bond donors (Lipinski definition) is 2. The molecular weight excluding hydrogens is 444 g/mol. The zero-order chi connectivity index (χ0) is 22.2. The Morgan fingerprint density at radius 1 is 1.25 bits per heavy atom. The van der Waals surface area contributed by atoms with Crippen molar-refractivity contribution in [1.82, 2.24) is 24.1 Å². The van der Waals surface area contributed by atoms with Crippen LogP contribution in [0.15, 0.2) is 59.2 Å². The number of hydrogen-bond acceptors (Lipinski definition) is 5. The van der Waals surface area contributed by atoms with Crippen LogP contribution in [0.1, 0.15) is 30.1 Å². The highest BCUT2D eigenvalue weighted by Crippen LogP contribution is 2.45. The summed E-state index contributed by atoms with van der Waals surface area (Å²) in [5.74, 6) is 1.10. The zero-order valence-electron chi connectivity index (χ0n) is 17.7. The van der Waals surface area contributed by atoms with Crippen molar-refractivity contribution >= 4 is 33.6 Å². The number of pyridine rings is 1. The second kappa shape index (κ2) is 8.44. The van der Waals surface area contributed by atoms with Crippen LogP contribution in [-0.4, -0.2) is 24.1 Å². The molecule has 3 heterocycles. The monoisotopic (exact) mass is 466 g/mol. The Bertz CT molecular complexity index is 1380. The maximum atomic E-state index is 13.7. The summed E-state index contributed by atoms with van der Waals surface area (Å²) in [6.07, 6.45) is 5.53. The molecule has 1 saturated carbocycles. The van der Waals surface area contributed by atoms with Gasteiger partial charge in [-0.25, -0.2) is 9.97 Å². The fourth-order valence-electron chi connectivity index (χ4n) is 3.91. The number of aryl methyl sites for hydroxylation is 2. The average Bonchev–Trinajstić information content (AvgIpc) is 3.55. The topological polar surface area (TPSA) is 80.0 Å². The van der Waals surface area contributed by atoms with E-state index in [0.717, 1.165) is 34.5 Å². The van der Waals surface area contributed by atoms with Gasteiger partial charge in [-0.15, -0.1) is 11.3 Å². The van der Waals surface area contributed by atoms with Crippen molar-refractivity contribution in [1.29, 1.82) is 0 Å². The lowest BCUT2D eigenvalue weighted by atomic mass is 9.93. The predicted molar refractivity (Wildman–Crippen MR) is 129 cm³/mol. The van der Waals surface area contributed by atoms with Crippen LogP contribution in [0.5, 0.6) is 0 Å². The van der Waals surface area contributed by atoms with Crippen LogP contribution < -0.4 is 10.9 Å². The second-order valence-corrected chi connectivity index (χ2v) is 9.29. The van der Waals surface area contributed by atoms with Crippen LogP contribution in [0.3, 0.4) is 0 Å². The largest absolute Gasteiger partial charge is 0.361 e. The van der Waals surface area contributed by atoms with Crippen LogP contribution in [0.2, 0.25) is 5.15 Å². The maximum absolute atomic E-state index is 13.7. The molecule has 0 aliphatic heterocycles. The first-order valence-corrected chi connectivity index (χ1v) is 11.7. The van der Waals surface area contributed by atoms with Gasteiger partial charge < -0.3 is 5.32 Å². The van der Waals surface area contributed by atoms with Gasteiger partial charge in [0.15, 0.2) is 0 Å². The van der Waals surface area contributed by atoms with Gasteiger partial charge in [-0.1, -0.05) is 41.9 Å². The Hall–Kier alpha value is -3.10. The quantitative estimate of drug-likeness (QED) is 0.427. The molecule has 1 aromatic carbocycles. The van der Waals surface area contributed by atoms with Crippen molar-refractivity contribution in [2.24, 2.45) is 13.0 Å². The minimum atomic E-state index is -0.101. The SMILES string of the molecule is Cc1nc[nH]n(C)cnc1NC(c1cc2scc(Cl)n2c(=O)c1-c1ccccc1)C1CC1. The molecule has 1 atom stereocenters. The average molecular weight is 467 g/mol. The standard InChI is InChI=1S/C23H23ClN6OS/c1-14-22(26-13-29(2)27-12-25-14)28-21(16-8-9-16)17-10-19-30(18(24)11-32-19)23(31)20(17)15-6-4-3-5-7-15/h3-7,10-13,16,21,28H,8-9H2,1-2H3,(H,25,27).